The molecule has 0 bridgehead atoms. The van der Waals surface area contributed by atoms with Crippen molar-refractivity contribution < 1.29 is 19.1 Å². The second-order valence-electron chi connectivity index (χ2n) is 8.49. The third kappa shape index (κ3) is 4.03. The van der Waals surface area contributed by atoms with Gasteiger partial charge in [0.15, 0.2) is 0 Å². The van der Waals surface area contributed by atoms with E-state index in [9.17, 15) is 14.4 Å². The largest absolute Gasteiger partial charge is 0.422 e. The quantitative estimate of drug-likeness (QED) is 0.418. The molecule has 1 N–H and O–H groups in total. The lowest BCUT2D eigenvalue weighted by Crippen LogP contribution is -2.55. The van der Waals surface area contributed by atoms with Gasteiger partial charge in [0.2, 0.25) is 0 Å². The highest BCUT2D eigenvalue weighted by atomic mass is 16.6. The Hall–Kier alpha value is -4.46. The standard InChI is InChI=1S/C27H24N4O4/c1-19(21-11-6-3-7-12-21)30-25(33)27(35-26(30)34,17-20-9-4-2-5-10-20)24(32)28-18-23-14-8-13-22-15-16-29-31(22)23/h2-16,19H,17-18H2,1H3,(H,28,32)/t19-,27-/m1/s1. The summed E-state index contributed by atoms with van der Waals surface area (Å²) in [6.07, 6.45) is 0.753. The lowest BCUT2D eigenvalue weighted by Gasteiger charge is -2.25. The number of imide groups is 1. The van der Waals surface area contributed by atoms with E-state index < -0.39 is 29.6 Å². The highest BCUT2D eigenvalue weighted by Gasteiger charge is 2.60. The molecule has 176 valence electrons. The van der Waals surface area contributed by atoms with E-state index in [1.807, 2.05) is 72.8 Å². The molecular formula is C27H24N4O4. The van der Waals surface area contributed by atoms with Crippen molar-refractivity contribution in [3.63, 3.8) is 0 Å². The van der Waals surface area contributed by atoms with Crippen molar-refractivity contribution in [2.45, 2.75) is 31.5 Å². The molecule has 0 radical (unpaired) electrons. The third-order valence-electron chi connectivity index (χ3n) is 6.28. The molecule has 0 saturated carbocycles. The molecular weight excluding hydrogens is 444 g/mol. The molecule has 1 aliphatic heterocycles. The Labute approximate surface area is 202 Å². The van der Waals surface area contributed by atoms with E-state index in [-0.39, 0.29) is 13.0 Å². The Kier molecular flexibility index (Phi) is 5.78. The number of fused-ring (bicyclic) bond motifs is 1. The number of carbonyl (C=O) groups excluding carboxylic acids is 3. The van der Waals surface area contributed by atoms with E-state index in [4.69, 9.17) is 4.74 Å². The van der Waals surface area contributed by atoms with Gasteiger partial charge in [-0.05, 0) is 36.2 Å². The molecule has 0 unspecified atom stereocenters. The van der Waals surface area contributed by atoms with E-state index in [0.29, 0.717) is 5.56 Å². The lowest BCUT2D eigenvalue weighted by molar-refractivity contribution is -0.150. The molecule has 8 nitrogen and oxygen atoms in total. The first-order valence-corrected chi connectivity index (χ1v) is 11.3. The highest BCUT2D eigenvalue weighted by Crippen LogP contribution is 2.35. The van der Waals surface area contributed by atoms with Crippen LogP contribution < -0.4 is 5.32 Å². The van der Waals surface area contributed by atoms with Crippen LogP contribution in [-0.2, 0) is 27.3 Å². The van der Waals surface area contributed by atoms with Crippen LogP contribution in [0.2, 0.25) is 0 Å². The number of carbonyl (C=O) groups is 3. The number of cyclic esters (lactones) is 1. The summed E-state index contributed by atoms with van der Waals surface area (Å²) >= 11 is 0. The van der Waals surface area contributed by atoms with Crippen molar-refractivity contribution >= 4 is 23.4 Å². The predicted molar refractivity (Wildman–Crippen MR) is 128 cm³/mol. The molecule has 0 spiro atoms. The maximum Gasteiger partial charge on any atom is 0.418 e. The summed E-state index contributed by atoms with van der Waals surface area (Å²) < 4.78 is 7.35. The van der Waals surface area contributed by atoms with Crippen LogP contribution in [-0.4, -0.2) is 38.0 Å². The Morgan fingerprint density at radius 1 is 0.971 bits per heavy atom. The second-order valence-corrected chi connectivity index (χ2v) is 8.49. The summed E-state index contributed by atoms with van der Waals surface area (Å²) in [5.41, 5.74) is 1.05. The van der Waals surface area contributed by atoms with Gasteiger partial charge in [-0.15, -0.1) is 0 Å². The van der Waals surface area contributed by atoms with Gasteiger partial charge in [-0.25, -0.2) is 14.2 Å². The van der Waals surface area contributed by atoms with Crippen molar-refractivity contribution in [3.8, 4) is 0 Å². The minimum absolute atomic E-state index is 0.0752. The molecule has 2 aromatic carbocycles. The van der Waals surface area contributed by atoms with E-state index in [2.05, 4.69) is 10.4 Å². The third-order valence-corrected chi connectivity index (χ3v) is 6.28. The second kappa shape index (κ2) is 9.06. The molecule has 5 rings (SSSR count). The van der Waals surface area contributed by atoms with E-state index >= 15 is 0 Å². The van der Waals surface area contributed by atoms with Gasteiger partial charge in [0.1, 0.15) is 0 Å². The average molecular weight is 469 g/mol. The molecule has 1 fully saturated rings. The molecule has 4 aromatic rings. The topological polar surface area (TPSA) is 93.0 Å². The number of aromatic nitrogens is 2. The Balaban J connectivity index is 1.46. The number of nitrogens with zero attached hydrogens (tertiary/aromatic N) is 3. The molecule has 3 heterocycles. The Morgan fingerprint density at radius 3 is 2.43 bits per heavy atom. The predicted octanol–water partition coefficient (Wildman–Crippen LogP) is 3.67. The molecule has 1 aliphatic rings. The monoisotopic (exact) mass is 468 g/mol. The van der Waals surface area contributed by atoms with Crippen molar-refractivity contribution in [2.75, 3.05) is 0 Å². The fraction of sp³-hybridized carbons (Fsp3) is 0.185. The van der Waals surface area contributed by atoms with Crippen LogP contribution in [0.3, 0.4) is 0 Å². The summed E-state index contributed by atoms with van der Waals surface area (Å²) in [5.74, 6) is -1.36. The number of nitrogens with one attached hydrogen (secondary N) is 1. The summed E-state index contributed by atoms with van der Waals surface area (Å²) in [7, 11) is 0. The van der Waals surface area contributed by atoms with E-state index in [0.717, 1.165) is 21.7 Å². The van der Waals surface area contributed by atoms with Crippen molar-refractivity contribution in [2.24, 2.45) is 0 Å². The van der Waals surface area contributed by atoms with Crippen LogP contribution in [0.1, 0.15) is 29.8 Å². The van der Waals surface area contributed by atoms with Gasteiger partial charge in [0.25, 0.3) is 17.4 Å². The van der Waals surface area contributed by atoms with Crippen LogP contribution in [0.25, 0.3) is 5.52 Å². The fourth-order valence-corrected chi connectivity index (χ4v) is 4.41. The first-order valence-electron chi connectivity index (χ1n) is 11.3. The number of hydrogen-bond donors (Lipinski definition) is 1. The summed E-state index contributed by atoms with van der Waals surface area (Å²) in [4.78, 5) is 41.4. The first-order chi connectivity index (χ1) is 17.0. The number of hydrogen-bond acceptors (Lipinski definition) is 5. The Bertz CT molecular complexity index is 1390. The zero-order valence-electron chi connectivity index (χ0n) is 19.1. The smallest absolute Gasteiger partial charge is 0.418 e. The molecule has 3 amide bonds. The maximum atomic E-state index is 13.8. The number of pyridine rings is 1. The van der Waals surface area contributed by atoms with Crippen molar-refractivity contribution in [1.82, 2.24) is 19.8 Å². The molecule has 8 heteroatoms. The van der Waals surface area contributed by atoms with Gasteiger partial charge in [0, 0.05) is 12.6 Å². The van der Waals surface area contributed by atoms with Gasteiger partial charge < -0.3 is 10.1 Å². The van der Waals surface area contributed by atoms with Crippen LogP contribution in [0.15, 0.2) is 91.1 Å². The summed E-state index contributed by atoms with van der Waals surface area (Å²) in [6, 6.07) is 25.1. The zero-order chi connectivity index (χ0) is 24.4. The van der Waals surface area contributed by atoms with Crippen LogP contribution in [0, 0.1) is 0 Å². The maximum absolute atomic E-state index is 13.8. The minimum atomic E-state index is -2.01. The molecule has 35 heavy (non-hydrogen) atoms. The minimum Gasteiger partial charge on any atom is -0.422 e. The van der Waals surface area contributed by atoms with E-state index in [1.54, 1.807) is 29.8 Å². The molecule has 2 aromatic heterocycles. The lowest BCUT2D eigenvalue weighted by atomic mass is 9.91. The Morgan fingerprint density at radius 2 is 1.69 bits per heavy atom. The van der Waals surface area contributed by atoms with Gasteiger partial charge in [-0.3, -0.25) is 9.59 Å². The average Bonchev–Trinajstić information content (AvgIpc) is 3.46. The number of ether oxygens (including phenoxy) is 1. The number of amides is 3. The van der Waals surface area contributed by atoms with E-state index in [1.165, 1.54) is 0 Å². The zero-order valence-corrected chi connectivity index (χ0v) is 19.1. The van der Waals surface area contributed by atoms with Crippen LogP contribution in [0.4, 0.5) is 4.79 Å². The van der Waals surface area contributed by atoms with Gasteiger partial charge in [-0.1, -0.05) is 66.7 Å². The number of benzene rings is 2. The molecule has 0 aliphatic carbocycles. The van der Waals surface area contributed by atoms with Crippen LogP contribution in [0.5, 0.6) is 0 Å². The molecule has 2 atom stereocenters. The van der Waals surface area contributed by atoms with Crippen LogP contribution >= 0.6 is 0 Å². The molecule has 1 saturated heterocycles. The first kappa shape index (κ1) is 22.3. The highest BCUT2D eigenvalue weighted by molar-refractivity contribution is 6.17. The fourth-order valence-electron chi connectivity index (χ4n) is 4.41. The number of rotatable bonds is 7. The summed E-state index contributed by atoms with van der Waals surface area (Å²) in [6.45, 7) is 1.84. The normalized spacial score (nSPS) is 18.5. The summed E-state index contributed by atoms with van der Waals surface area (Å²) in [5, 5.41) is 7.09. The van der Waals surface area contributed by atoms with Gasteiger partial charge in [-0.2, -0.15) is 5.10 Å². The van der Waals surface area contributed by atoms with Gasteiger partial charge >= 0.3 is 6.09 Å². The SMILES string of the molecule is C[C@H](c1ccccc1)N1C(=O)O[C@](Cc2ccccc2)(C(=O)NCc2cccc3ccnn23)C1=O. The van der Waals surface area contributed by atoms with Crippen molar-refractivity contribution in [1.29, 1.82) is 0 Å². The van der Waals surface area contributed by atoms with Gasteiger partial charge in [0.05, 0.1) is 23.8 Å². The van der Waals surface area contributed by atoms with Crippen molar-refractivity contribution in [3.05, 3.63) is 108 Å².